The van der Waals surface area contributed by atoms with Gasteiger partial charge in [-0.15, -0.1) is 10.2 Å². The Balaban J connectivity index is 1.84. The summed E-state index contributed by atoms with van der Waals surface area (Å²) in [4.78, 5) is 8.93. The SMILES string of the molecule is CCn1c(Sc2nc(CC(C)C)ns2)nnc1-c1ccccn1. The van der Waals surface area contributed by atoms with Crippen molar-refractivity contribution in [3.63, 3.8) is 0 Å². The summed E-state index contributed by atoms with van der Waals surface area (Å²) in [5.74, 6) is 2.24. The maximum Gasteiger partial charge on any atom is 0.198 e. The second kappa shape index (κ2) is 7.18. The Labute approximate surface area is 143 Å². The molecular weight excluding hydrogens is 328 g/mol. The molecule has 3 aromatic heterocycles. The second-order valence-electron chi connectivity index (χ2n) is 5.44. The first-order chi connectivity index (χ1) is 11.2. The number of nitrogens with zero attached hydrogens (tertiary/aromatic N) is 6. The van der Waals surface area contributed by atoms with Crippen molar-refractivity contribution in [2.45, 2.75) is 43.2 Å². The lowest BCUT2D eigenvalue weighted by Gasteiger charge is -2.05. The molecule has 0 aliphatic heterocycles. The van der Waals surface area contributed by atoms with Crippen LogP contribution in [0.2, 0.25) is 0 Å². The van der Waals surface area contributed by atoms with Crippen LogP contribution in [0.25, 0.3) is 11.5 Å². The minimum Gasteiger partial charge on any atom is -0.301 e. The van der Waals surface area contributed by atoms with E-state index in [-0.39, 0.29) is 0 Å². The van der Waals surface area contributed by atoms with E-state index in [4.69, 9.17) is 0 Å². The molecule has 0 N–H and O–H groups in total. The van der Waals surface area contributed by atoms with Gasteiger partial charge in [-0.05, 0) is 48.3 Å². The van der Waals surface area contributed by atoms with Gasteiger partial charge in [-0.2, -0.15) is 4.37 Å². The molecule has 3 aromatic rings. The molecule has 120 valence electrons. The predicted octanol–water partition coefficient (Wildman–Crippen LogP) is 3.56. The Morgan fingerprint density at radius 3 is 2.83 bits per heavy atom. The van der Waals surface area contributed by atoms with Crippen LogP contribution in [-0.4, -0.2) is 29.1 Å². The third-order valence-corrected chi connectivity index (χ3v) is 4.92. The first-order valence-corrected chi connectivity index (χ1v) is 9.11. The number of aromatic nitrogens is 6. The largest absolute Gasteiger partial charge is 0.301 e. The van der Waals surface area contributed by atoms with Gasteiger partial charge in [0.2, 0.25) is 0 Å². The summed E-state index contributed by atoms with van der Waals surface area (Å²) < 4.78 is 7.36. The first-order valence-electron chi connectivity index (χ1n) is 7.52. The molecule has 0 spiro atoms. The molecule has 6 nitrogen and oxygen atoms in total. The number of hydrogen-bond donors (Lipinski definition) is 0. The summed E-state index contributed by atoms with van der Waals surface area (Å²) in [5, 5.41) is 9.42. The van der Waals surface area contributed by atoms with Gasteiger partial charge in [0, 0.05) is 19.2 Å². The fourth-order valence-electron chi connectivity index (χ4n) is 2.14. The van der Waals surface area contributed by atoms with Gasteiger partial charge in [0.05, 0.1) is 0 Å². The third-order valence-electron chi connectivity index (χ3n) is 3.15. The third kappa shape index (κ3) is 3.76. The highest BCUT2D eigenvalue weighted by molar-refractivity contribution is 8.00. The summed E-state index contributed by atoms with van der Waals surface area (Å²) in [5.41, 5.74) is 0.825. The van der Waals surface area contributed by atoms with E-state index in [0.29, 0.717) is 5.92 Å². The van der Waals surface area contributed by atoms with Crippen LogP contribution >= 0.6 is 23.3 Å². The zero-order valence-electron chi connectivity index (χ0n) is 13.3. The number of rotatable bonds is 6. The van der Waals surface area contributed by atoms with Crippen molar-refractivity contribution in [1.82, 2.24) is 29.1 Å². The van der Waals surface area contributed by atoms with Crippen LogP contribution in [-0.2, 0) is 13.0 Å². The molecule has 0 bridgehead atoms. The molecule has 0 aliphatic carbocycles. The van der Waals surface area contributed by atoms with Crippen LogP contribution in [0.15, 0.2) is 33.9 Å². The maximum atomic E-state index is 4.58. The van der Waals surface area contributed by atoms with Crippen LogP contribution in [0, 0.1) is 5.92 Å². The summed E-state index contributed by atoms with van der Waals surface area (Å²) in [6, 6.07) is 5.78. The van der Waals surface area contributed by atoms with E-state index in [9.17, 15) is 0 Å². The Morgan fingerprint density at radius 1 is 1.26 bits per heavy atom. The number of pyridine rings is 1. The van der Waals surface area contributed by atoms with Crippen molar-refractivity contribution in [3.05, 3.63) is 30.2 Å². The molecule has 0 saturated heterocycles. The average molecular weight is 346 g/mol. The van der Waals surface area contributed by atoms with E-state index in [1.165, 1.54) is 23.3 Å². The molecule has 0 fully saturated rings. The van der Waals surface area contributed by atoms with E-state index in [0.717, 1.165) is 39.8 Å². The maximum absolute atomic E-state index is 4.58. The van der Waals surface area contributed by atoms with Gasteiger partial charge in [-0.3, -0.25) is 4.98 Å². The van der Waals surface area contributed by atoms with E-state index in [2.05, 4.69) is 49.9 Å². The van der Waals surface area contributed by atoms with Crippen LogP contribution in [0.5, 0.6) is 0 Å². The topological polar surface area (TPSA) is 69.4 Å². The minimum atomic E-state index is 0.553. The van der Waals surface area contributed by atoms with Gasteiger partial charge in [-0.1, -0.05) is 19.9 Å². The van der Waals surface area contributed by atoms with Gasteiger partial charge in [0.25, 0.3) is 0 Å². The Morgan fingerprint density at radius 2 is 2.13 bits per heavy atom. The fraction of sp³-hybridized carbons (Fsp3) is 0.400. The van der Waals surface area contributed by atoms with Crippen LogP contribution < -0.4 is 0 Å². The van der Waals surface area contributed by atoms with E-state index in [1.807, 2.05) is 18.2 Å². The Hall–Kier alpha value is -1.80. The van der Waals surface area contributed by atoms with Crippen molar-refractivity contribution in [3.8, 4) is 11.5 Å². The summed E-state index contributed by atoms with van der Waals surface area (Å²) >= 11 is 2.92. The first kappa shape index (κ1) is 16.1. The molecule has 3 heterocycles. The van der Waals surface area contributed by atoms with Crippen molar-refractivity contribution in [2.75, 3.05) is 0 Å². The van der Waals surface area contributed by atoms with E-state index >= 15 is 0 Å². The van der Waals surface area contributed by atoms with Gasteiger partial charge < -0.3 is 4.57 Å². The monoisotopic (exact) mass is 346 g/mol. The molecular formula is C15H18N6S2. The zero-order valence-corrected chi connectivity index (χ0v) is 14.9. The van der Waals surface area contributed by atoms with Crippen molar-refractivity contribution in [1.29, 1.82) is 0 Å². The average Bonchev–Trinajstić information content (AvgIpc) is 3.14. The highest BCUT2D eigenvalue weighted by Gasteiger charge is 2.16. The highest BCUT2D eigenvalue weighted by Crippen LogP contribution is 2.30. The lowest BCUT2D eigenvalue weighted by Crippen LogP contribution is -2.00. The summed E-state index contributed by atoms with van der Waals surface area (Å²) in [7, 11) is 0. The Kier molecular flexibility index (Phi) is 5.02. The van der Waals surface area contributed by atoms with Gasteiger partial charge in [0.15, 0.2) is 15.3 Å². The van der Waals surface area contributed by atoms with Gasteiger partial charge >= 0.3 is 0 Å². The molecule has 0 radical (unpaired) electrons. The van der Waals surface area contributed by atoms with Crippen LogP contribution in [0.1, 0.15) is 26.6 Å². The summed E-state index contributed by atoms with van der Waals surface area (Å²) in [6.45, 7) is 7.18. The van der Waals surface area contributed by atoms with Gasteiger partial charge in [-0.25, -0.2) is 4.98 Å². The summed E-state index contributed by atoms with van der Waals surface area (Å²) in [6.07, 6.45) is 2.66. The molecule has 0 aliphatic rings. The smallest absolute Gasteiger partial charge is 0.198 e. The van der Waals surface area contributed by atoms with Crippen LogP contribution in [0.4, 0.5) is 0 Å². The fourth-order valence-corrected chi connectivity index (χ4v) is 3.78. The lowest BCUT2D eigenvalue weighted by atomic mass is 10.1. The minimum absolute atomic E-state index is 0.553. The lowest BCUT2D eigenvalue weighted by molar-refractivity contribution is 0.624. The second-order valence-corrected chi connectivity index (χ2v) is 7.41. The molecule has 0 saturated carbocycles. The standard InChI is InChI=1S/C15H18N6S2/c1-4-21-13(11-7-5-6-8-16-11)18-19-14(21)22-15-17-12(20-23-15)9-10(2)3/h5-8,10H,4,9H2,1-3H3. The van der Waals surface area contributed by atoms with E-state index in [1.54, 1.807) is 6.20 Å². The molecule has 23 heavy (non-hydrogen) atoms. The van der Waals surface area contributed by atoms with E-state index < -0.39 is 0 Å². The molecule has 0 unspecified atom stereocenters. The molecule has 0 aromatic carbocycles. The Bertz CT molecular complexity index is 765. The zero-order chi connectivity index (χ0) is 16.2. The quantitative estimate of drug-likeness (QED) is 0.680. The molecule has 3 rings (SSSR count). The van der Waals surface area contributed by atoms with Gasteiger partial charge in [0.1, 0.15) is 11.5 Å². The molecule has 8 heteroatoms. The molecule has 0 atom stereocenters. The van der Waals surface area contributed by atoms with Crippen molar-refractivity contribution < 1.29 is 0 Å². The van der Waals surface area contributed by atoms with Crippen molar-refractivity contribution in [2.24, 2.45) is 5.92 Å². The number of hydrogen-bond acceptors (Lipinski definition) is 7. The predicted molar refractivity (Wildman–Crippen MR) is 91.5 cm³/mol. The molecule has 0 amide bonds. The normalized spacial score (nSPS) is 11.3. The van der Waals surface area contributed by atoms with Crippen LogP contribution in [0.3, 0.4) is 0 Å². The van der Waals surface area contributed by atoms with Crippen molar-refractivity contribution >= 4 is 23.3 Å². The highest BCUT2D eigenvalue weighted by atomic mass is 32.2.